The van der Waals surface area contributed by atoms with E-state index < -0.39 is 0 Å². The average molecular weight is 323 g/mol. The molecule has 7 heteroatoms. The van der Waals surface area contributed by atoms with Crippen molar-refractivity contribution in [2.75, 3.05) is 5.32 Å². The molecule has 0 bridgehead atoms. The number of benzene rings is 1. The maximum Gasteiger partial charge on any atom is 0.270 e. The number of nitrogens with zero attached hydrogens (tertiary/aromatic N) is 3. The monoisotopic (exact) mass is 323 g/mol. The van der Waals surface area contributed by atoms with Gasteiger partial charge in [-0.15, -0.1) is 0 Å². The van der Waals surface area contributed by atoms with Crippen LogP contribution in [0.3, 0.4) is 0 Å². The summed E-state index contributed by atoms with van der Waals surface area (Å²) >= 11 is 0. The van der Waals surface area contributed by atoms with Gasteiger partial charge in [-0.05, 0) is 19.4 Å². The Balaban J connectivity index is 1.70. The zero-order chi connectivity index (χ0) is 16.9. The Morgan fingerprint density at radius 1 is 1.12 bits per heavy atom. The van der Waals surface area contributed by atoms with Crippen molar-refractivity contribution in [3.63, 3.8) is 0 Å². The second kappa shape index (κ2) is 6.91. The quantitative estimate of drug-likeness (QED) is 0.750. The number of nitrogens with one attached hydrogen (secondary N) is 2. The summed E-state index contributed by atoms with van der Waals surface area (Å²) < 4.78 is 4.98. The van der Waals surface area contributed by atoms with Gasteiger partial charge in [-0.1, -0.05) is 35.5 Å². The minimum absolute atomic E-state index is 0.122. The summed E-state index contributed by atoms with van der Waals surface area (Å²) in [7, 11) is 0. The number of anilines is 2. The van der Waals surface area contributed by atoms with Crippen LogP contribution in [-0.2, 0) is 0 Å². The molecule has 1 aromatic carbocycles. The van der Waals surface area contributed by atoms with Crippen molar-refractivity contribution in [1.29, 1.82) is 0 Å². The predicted molar refractivity (Wildman–Crippen MR) is 88.9 cm³/mol. The van der Waals surface area contributed by atoms with Crippen LogP contribution in [0.4, 0.5) is 11.6 Å². The third-order valence-corrected chi connectivity index (χ3v) is 3.43. The first-order valence-electron chi connectivity index (χ1n) is 7.50. The maximum absolute atomic E-state index is 12.4. The molecule has 1 unspecified atom stereocenters. The van der Waals surface area contributed by atoms with Crippen molar-refractivity contribution in [2.24, 2.45) is 0 Å². The molecule has 24 heavy (non-hydrogen) atoms. The molecule has 0 aliphatic heterocycles. The molecule has 2 heterocycles. The van der Waals surface area contributed by atoms with E-state index in [1.807, 2.05) is 37.3 Å². The summed E-state index contributed by atoms with van der Waals surface area (Å²) in [6.07, 6.45) is 1.33. The van der Waals surface area contributed by atoms with E-state index in [9.17, 15) is 4.79 Å². The van der Waals surface area contributed by atoms with Crippen LogP contribution in [0, 0.1) is 6.92 Å². The molecule has 0 radical (unpaired) electrons. The van der Waals surface area contributed by atoms with Crippen molar-refractivity contribution < 1.29 is 9.32 Å². The molecule has 122 valence electrons. The smallest absolute Gasteiger partial charge is 0.270 e. The van der Waals surface area contributed by atoms with Gasteiger partial charge in [-0.2, -0.15) is 0 Å². The number of carbonyl (C=O) groups is 1. The summed E-state index contributed by atoms with van der Waals surface area (Å²) in [5.41, 5.74) is 1.30. The fourth-order valence-electron chi connectivity index (χ4n) is 2.20. The third-order valence-electron chi connectivity index (χ3n) is 3.43. The maximum atomic E-state index is 12.4. The highest BCUT2D eigenvalue weighted by molar-refractivity contribution is 5.93. The standard InChI is InChI=1S/C17H17N5O2/c1-11-8-16(22-24-11)21-15-9-14(18-10-19-15)17(23)20-12(2)13-6-4-3-5-7-13/h3-10,12H,1-2H3,(H,20,23)(H,18,19,21,22). The summed E-state index contributed by atoms with van der Waals surface area (Å²) in [6.45, 7) is 3.72. The topological polar surface area (TPSA) is 92.9 Å². The Hall–Kier alpha value is -3.22. The predicted octanol–water partition coefficient (Wildman–Crippen LogP) is 3.01. The number of aryl methyl sites for hydroxylation is 1. The Bertz CT molecular complexity index is 832. The van der Waals surface area contributed by atoms with E-state index in [1.54, 1.807) is 19.1 Å². The van der Waals surface area contributed by atoms with Crippen LogP contribution >= 0.6 is 0 Å². The zero-order valence-electron chi connectivity index (χ0n) is 13.4. The fourth-order valence-corrected chi connectivity index (χ4v) is 2.20. The SMILES string of the molecule is Cc1cc(Nc2cc(C(=O)NC(C)c3ccccc3)ncn2)no1. The van der Waals surface area contributed by atoms with Crippen molar-refractivity contribution in [1.82, 2.24) is 20.4 Å². The van der Waals surface area contributed by atoms with Gasteiger partial charge in [-0.25, -0.2) is 9.97 Å². The van der Waals surface area contributed by atoms with Gasteiger partial charge < -0.3 is 15.2 Å². The summed E-state index contributed by atoms with van der Waals surface area (Å²) in [5, 5.41) is 9.71. The van der Waals surface area contributed by atoms with E-state index in [-0.39, 0.29) is 17.6 Å². The Labute approximate surface area is 139 Å². The summed E-state index contributed by atoms with van der Waals surface area (Å²) in [6, 6.07) is 12.9. The van der Waals surface area contributed by atoms with Gasteiger partial charge >= 0.3 is 0 Å². The molecular weight excluding hydrogens is 306 g/mol. The lowest BCUT2D eigenvalue weighted by atomic mass is 10.1. The molecule has 0 spiro atoms. The van der Waals surface area contributed by atoms with E-state index >= 15 is 0 Å². The Kier molecular flexibility index (Phi) is 4.51. The zero-order valence-corrected chi connectivity index (χ0v) is 13.4. The molecular formula is C17H17N5O2. The van der Waals surface area contributed by atoms with Gasteiger partial charge in [0.25, 0.3) is 5.91 Å². The van der Waals surface area contributed by atoms with E-state index in [4.69, 9.17) is 4.52 Å². The van der Waals surface area contributed by atoms with Gasteiger partial charge in [0.15, 0.2) is 5.82 Å². The van der Waals surface area contributed by atoms with Gasteiger partial charge in [0.05, 0.1) is 6.04 Å². The third kappa shape index (κ3) is 3.75. The molecule has 0 saturated heterocycles. The van der Waals surface area contributed by atoms with E-state index in [0.29, 0.717) is 17.4 Å². The molecule has 0 saturated carbocycles. The number of amides is 1. The first kappa shape index (κ1) is 15.7. The average Bonchev–Trinajstić information content (AvgIpc) is 3.00. The molecule has 0 aliphatic carbocycles. The van der Waals surface area contributed by atoms with Gasteiger partial charge in [-0.3, -0.25) is 4.79 Å². The lowest BCUT2D eigenvalue weighted by molar-refractivity contribution is 0.0934. The second-order valence-corrected chi connectivity index (χ2v) is 5.34. The minimum atomic E-state index is -0.270. The molecule has 2 aromatic heterocycles. The number of carbonyl (C=O) groups excluding carboxylic acids is 1. The van der Waals surface area contributed by atoms with E-state index in [1.165, 1.54) is 6.33 Å². The van der Waals surface area contributed by atoms with Crippen LogP contribution in [-0.4, -0.2) is 21.0 Å². The van der Waals surface area contributed by atoms with Crippen LogP contribution in [0.15, 0.2) is 53.3 Å². The largest absolute Gasteiger partial charge is 0.360 e. The summed E-state index contributed by atoms with van der Waals surface area (Å²) in [4.78, 5) is 20.5. The lowest BCUT2D eigenvalue weighted by Gasteiger charge is -2.14. The highest BCUT2D eigenvalue weighted by atomic mass is 16.5. The lowest BCUT2D eigenvalue weighted by Crippen LogP contribution is -2.27. The Morgan fingerprint density at radius 3 is 2.62 bits per heavy atom. The molecule has 2 N–H and O–H groups in total. The highest BCUT2D eigenvalue weighted by Gasteiger charge is 2.13. The van der Waals surface area contributed by atoms with Gasteiger partial charge in [0.1, 0.15) is 23.6 Å². The molecule has 0 fully saturated rings. The van der Waals surface area contributed by atoms with Crippen molar-refractivity contribution >= 4 is 17.5 Å². The first-order valence-corrected chi connectivity index (χ1v) is 7.50. The number of rotatable bonds is 5. The first-order chi connectivity index (χ1) is 11.6. The van der Waals surface area contributed by atoms with Gasteiger partial charge in [0.2, 0.25) is 0 Å². The molecule has 3 aromatic rings. The molecule has 3 rings (SSSR count). The van der Waals surface area contributed by atoms with Crippen LogP contribution in [0.2, 0.25) is 0 Å². The highest BCUT2D eigenvalue weighted by Crippen LogP contribution is 2.15. The second-order valence-electron chi connectivity index (χ2n) is 5.34. The van der Waals surface area contributed by atoms with Crippen LogP contribution in [0.5, 0.6) is 0 Å². The van der Waals surface area contributed by atoms with Crippen molar-refractivity contribution in [2.45, 2.75) is 19.9 Å². The van der Waals surface area contributed by atoms with E-state index in [0.717, 1.165) is 5.56 Å². The van der Waals surface area contributed by atoms with Crippen molar-refractivity contribution in [3.8, 4) is 0 Å². The van der Waals surface area contributed by atoms with E-state index in [2.05, 4.69) is 25.8 Å². The Morgan fingerprint density at radius 2 is 1.92 bits per heavy atom. The summed E-state index contributed by atoms with van der Waals surface area (Å²) in [5.74, 6) is 1.40. The van der Waals surface area contributed by atoms with Crippen LogP contribution in [0.1, 0.15) is 34.8 Å². The number of hydrogen-bond donors (Lipinski definition) is 2. The molecule has 7 nitrogen and oxygen atoms in total. The normalized spacial score (nSPS) is 11.8. The number of hydrogen-bond acceptors (Lipinski definition) is 6. The molecule has 1 atom stereocenters. The minimum Gasteiger partial charge on any atom is -0.360 e. The van der Waals surface area contributed by atoms with Crippen LogP contribution < -0.4 is 10.6 Å². The molecule has 1 amide bonds. The number of aromatic nitrogens is 3. The van der Waals surface area contributed by atoms with Crippen LogP contribution in [0.25, 0.3) is 0 Å². The fraction of sp³-hybridized carbons (Fsp3) is 0.176. The van der Waals surface area contributed by atoms with Crippen molar-refractivity contribution in [3.05, 3.63) is 65.8 Å². The molecule has 0 aliphatic rings. The van der Waals surface area contributed by atoms with Gasteiger partial charge in [0, 0.05) is 12.1 Å².